The van der Waals surface area contributed by atoms with Gasteiger partial charge in [0.1, 0.15) is 6.04 Å². The second-order valence-electron chi connectivity index (χ2n) is 8.47. The van der Waals surface area contributed by atoms with Crippen molar-refractivity contribution >= 4 is 23.8 Å². The summed E-state index contributed by atoms with van der Waals surface area (Å²) in [6.45, 7) is 3.27. The minimum atomic E-state index is -1.13. The van der Waals surface area contributed by atoms with Crippen LogP contribution in [0.1, 0.15) is 42.6 Å². The minimum Gasteiger partial charge on any atom is -0.469 e. The molecule has 0 bridgehead atoms. The highest BCUT2D eigenvalue weighted by molar-refractivity contribution is 5.97. The standard InChI is InChI=1S/C26H32N2O6/c1-26(2,25(32)34-4)21(15-16-22(29)33-3)28-24(31)20(17-18-11-7-5-8-12-18)27-23(30)19-13-9-6-10-14-19/h5-14,20-21H,15-17H2,1-4H3,(H,27,30)(H,28,31)/t20-,21-/m0/s1. The van der Waals surface area contributed by atoms with Crippen LogP contribution in [0.3, 0.4) is 0 Å². The van der Waals surface area contributed by atoms with Crippen LogP contribution in [-0.4, -0.2) is 50.1 Å². The molecule has 34 heavy (non-hydrogen) atoms. The summed E-state index contributed by atoms with van der Waals surface area (Å²) in [4.78, 5) is 50.4. The average Bonchev–Trinajstić information content (AvgIpc) is 2.86. The van der Waals surface area contributed by atoms with Crippen LogP contribution < -0.4 is 10.6 Å². The number of rotatable bonds is 11. The lowest BCUT2D eigenvalue weighted by molar-refractivity contribution is -0.154. The number of esters is 2. The van der Waals surface area contributed by atoms with E-state index < -0.39 is 41.3 Å². The lowest BCUT2D eigenvalue weighted by Crippen LogP contribution is -2.55. The van der Waals surface area contributed by atoms with E-state index in [2.05, 4.69) is 10.6 Å². The smallest absolute Gasteiger partial charge is 0.313 e. The van der Waals surface area contributed by atoms with E-state index in [-0.39, 0.29) is 19.3 Å². The maximum atomic E-state index is 13.4. The number of carbonyl (C=O) groups is 4. The third kappa shape index (κ3) is 7.43. The molecule has 0 aliphatic heterocycles. The van der Waals surface area contributed by atoms with E-state index in [9.17, 15) is 19.2 Å². The number of hydrogen-bond donors (Lipinski definition) is 2. The van der Waals surface area contributed by atoms with Gasteiger partial charge in [-0.1, -0.05) is 48.5 Å². The monoisotopic (exact) mass is 468 g/mol. The molecule has 2 aromatic rings. The molecule has 0 spiro atoms. The van der Waals surface area contributed by atoms with E-state index in [1.54, 1.807) is 44.2 Å². The van der Waals surface area contributed by atoms with Crippen molar-refractivity contribution in [3.05, 3.63) is 71.8 Å². The van der Waals surface area contributed by atoms with Gasteiger partial charge in [-0.05, 0) is 38.0 Å². The van der Waals surface area contributed by atoms with Gasteiger partial charge in [-0.2, -0.15) is 0 Å². The quantitative estimate of drug-likeness (QED) is 0.491. The fourth-order valence-electron chi connectivity index (χ4n) is 3.55. The maximum Gasteiger partial charge on any atom is 0.313 e. The first-order valence-corrected chi connectivity index (χ1v) is 11.0. The Morgan fingerprint density at radius 1 is 0.853 bits per heavy atom. The van der Waals surface area contributed by atoms with Gasteiger partial charge >= 0.3 is 11.9 Å². The molecule has 0 saturated heterocycles. The van der Waals surface area contributed by atoms with Crippen LogP contribution in [0.25, 0.3) is 0 Å². The van der Waals surface area contributed by atoms with Crippen molar-refractivity contribution in [1.29, 1.82) is 0 Å². The highest BCUT2D eigenvalue weighted by Crippen LogP contribution is 2.26. The largest absolute Gasteiger partial charge is 0.469 e. The summed E-state index contributed by atoms with van der Waals surface area (Å²) >= 11 is 0. The second-order valence-corrected chi connectivity index (χ2v) is 8.47. The Hall–Kier alpha value is -3.68. The van der Waals surface area contributed by atoms with Crippen molar-refractivity contribution in [2.75, 3.05) is 14.2 Å². The van der Waals surface area contributed by atoms with E-state index in [0.29, 0.717) is 5.56 Å². The molecule has 2 rings (SSSR count). The number of nitrogens with one attached hydrogen (secondary N) is 2. The van der Waals surface area contributed by atoms with Crippen LogP contribution >= 0.6 is 0 Å². The van der Waals surface area contributed by atoms with Gasteiger partial charge in [0.25, 0.3) is 5.91 Å². The van der Waals surface area contributed by atoms with Crippen LogP contribution in [-0.2, 0) is 30.3 Å². The van der Waals surface area contributed by atoms with E-state index in [4.69, 9.17) is 9.47 Å². The number of ether oxygens (including phenoxy) is 2. The molecule has 2 amide bonds. The van der Waals surface area contributed by atoms with Gasteiger partial charge in [0, 0.05) is 24.4 Å². The molecule has 8 heteroatoms. The van der Waals surface area contributed by atoms with Crippen LogP contribution in [0.15, 0.2) is 60.7 Å². The number of carbonyl (C=O) groups excluding carboxylic acids is 4. The Bertz CT molecular complexity index is 975. The molecule has 8 nitrogen and oxygen atoms in total. The molecule has 0 fully saturated rings. The average molecular weight is 469 g/mol. The number of hydrogen-bond acceptors (Lipinski definition) is 6. The first-order valence-electron chi connectivity index (χ1n) is 11.0. The Kier molecular flexibility index (Phi) is 9.79. The van der Waals surface area contributed by atoms with Crippen molar-refractivity contribution in [2.24, 2.45) is 5.41 Å². The SMILES string of the molecule is COC(=O)CC[C@H](NC(=O)[C@H](Cc1ccccc1)NC(=O)c1ccccc1)C(C)(C)C(=O)OC. The number of amides is 2. The Morgan fingerprint density at radius 2 is 1.44 bits per heavy atom. The predicted octanol–water partition coefficient (Wildman–Crippen LogP) is 2.66. The summed E-state index contributed by atoms with van der Waals surface area (Å²) in [6, 6.07) is 16.2. The molecule has 0 unspecified atom stereocenters. The Morgan fingerprint density at radius 3 is 2.00 bits per heavy atom. The van der Waals surface area contributed by atoms with E-state index in [1.165, 1.54) is 14.2 Å². The van der Waals surface area contributed by atoms with Crippen molar-refractivity contribution in [1.82, 2.24) is 10.6 Å². The fourth-order valence-corrected chi connectivity index (χ4v) is 3.55. The molecule has 0 aliphatic carbocycles. The van der Waals surface area contributed by atoms with Crippen molar-refractivity contribution in [2.45, 2.75) is 45.2 Å². The molecular weight excluding hydrogens is 436 g/mol. The predicted molar refractivity (Wildman–Crippen MR) is 127 cm³/mol. The van der Waals surface area contributed by atoms with Gasteiger partial charge in [-0.25, -0.2) is 0 Å². The lowest BCUT2D eigenvalue weighted by atomic mass is 9.81. The summed E-state index contributed by atoms with van der Waals surface area (Å²) in [5, 5.41) is 5.67. The van der Waals surface area contributed by atoms with Gasteiger partial charge in [0.05, 0.1) is 19.6 Å². The van der Waals surface area contributed by atoms with Gasteiger partial charge in [0.2, 0.25) is 5.91 Å². The van der Waals surface area contributed by atoms with Crippen LogP contribution in [0, 0.1) is 5.41 Å². The van der Waals surface area contributed by atoms with E-state index in [0.717, 1.165) is 5.56 Å². The molecule has 2 N–H and O–H groups in total. The zero-order valence-electron chi connectivity index (χ0n) is 20.0. The normalized spacial score (nSPS) is 12.7. The highest BCUT2D eigenvalue weighted by Gasteiger charge is 2.40. The molecule has 0 heterocycles. The van der Waals surface area contributed by atoms with Crippen molar-refractivity contribution in [3.63, 3.8) is 0 Å². The molecule has 182 valence electrons. The third-order valence-electron chi connectivity index (χ3n) is 5.70. The van der Waals surface area contributed by atoms with Crippen LogP contribution in [0.2, 0.25) is 0 Å². The van der Waals surface area contributed by atoms with Gasteiger partial charge < -0.3 is 20.1 Å². The Balaban J connectivity index is 2.28. The fraction of sp³-hybridized carbons (Fsp3) is 0.385. The lowest BCUT2D eigenvalue weighted by Gasteiger charge is -2.33. The minimum absolute atomic E-state index is 0.00158. The van der Waals surface area contributed by atoms with Gasteiger partial charge in [0.15, 0.2) is 0 Å². The van der Waals surface area contributed by atoms with Crippen molar-refractivity contribution < 1.29 is 28.7 Å². The first kappa shape index (κ1) is 26.6. The molecule has 0 aliphatic rings. The highest BCUT2D eigenvalue weighted by atomic mass is 16.5. The summed E-state index contributed by atoms with van der Waals surface area (Å²) in [5.74, 6) is -1.86. The summed E-state index contributed by atoms with van der Waals surface area (Å²) in [7, 11) is 2.54. The van der Waals surface area contributed by atoms with E-state index >= 15 is 0 Å². The first-order chi connectivity index (χ1) is 16.2. The molecule has 2 aromatic carbocycles. The third-order valence-corrected chi connectivity index (χ3v) is 5.70. The Labute approximate surface area is 200 Å². The zero-order chi connectivity index (χ0) is 25.1. The topological polar surface area (TPSA) is 111 Å². The van der Waals surface area contributed by atoms with Crippen LogP contribution in [0.5, 0.6) is 0 Å². The molecular formula is C26H32N2O6. The summed E-state index contributed by atoms with van der Waals surface area (Å²) in [6.07, 6.45) is 0.403. The molecule has 0 aromatic heterocycles. The molecule has 2 atom stereocenters. The maximum absolute atomic E-state index is 13.4. The summed E-state index contributed by atoms with van der Waals surface area (Å²) < 4.78 is 9.62. The van der Waals surface area contributed by atoms with Gasteiger partial charge in [-0.3, -0.25) is 19.2 Å². The van der Waals surface area contributed by atoms with Crippen LogP contribution in [0.4, 0.5) is 0 Å². The van der Waals surface area contributed by atoms with Crippen molar-refractivity contribution in [3.8, 4) is 0 Å². The van der Waals surface area contributed by atoms with E-state index in [1.807, 2.05) is 30.3 Å². The molecule has 0 radical (unpaired) electrons. The molecule has 0 saturated carbocycles. The zero-order valence-corrected chi connectivity index (χ0v) is 20.0. The summed E-state index contributed by atoms with van der Waals surface area (Å²) in [5.41, 5.74) is 0.152. The second kappa shape index (κ2) is 12.5. The van der Waals surface area contributed by atoms with Gasteiger partial charge in [-0.15, -0.1) is 0 Å². The number of benzene rings is 2. The number of methoxy groups -OCH3 is 2.